The van der Waals surface area contributed by atoms with E-state index in [0.29, 0.717) is 23.7 Å². The van der Waals surface area contributed by atoms with Crippen LogP contribution < -0.4 is 0 Å². The van der Waals surface area contributed by atoms with Crippen LogP contribution in [0.15, 0.2) is 12.2 Å². The van der Waals surface area contributed by atoms with Crippen molar-refractivity contribution in [1.82, 2.24) is 0 Å². The predicted octanol–water partition coefficient (Wildman–Crippen LogP) is 7.48. The first-order valence-electron chi connectivity index (χ1n) is 14.4. The quantitative estimate of drug-likeness (QED) is 0.420. The number of aliphatic hydroxyl groups is 1. The highest BCUT2D eigenvalue weighted by Gasteiger charge is 2.72. The molecule has 5 fully saturated rings. The van der Waals surface area contributed by atoms with Crippen LogP contribution in [0.25, 0.3) is 0 Å². The van der Waals surface area contributed by atoms with Crippen LogP contribution in [0.5, 0.6) is 0 Å². The number of allylic oxidation sites excluding steroid dienone is 1. The Balaban J connectivity index is 1.56. The first-order chi connectivity index (χ1) is 15.8. The maximum atomic E-state index is 12.8. The zero-order valence-corrected chi connectivity index (χ0v) is 22.8. The molecule has 0 bridgehead atoms. The molecule has 5 saturated carbocycles. The highest BCUT2D eigenvalue weighted by molar-refractivity contribution is 5.76. The van der Waals surface area contributed by atoms with Gasteiger partial charge in [-0.1, -0.05) is 53.7 Å². The molecule has 0 aromatic carbocycles. The van der Waals surface area contributed by atoms with E-state index in [4.69, 9.17) is 0 Å². The van der Waals surface area contributed by atoms with E-state index in [-0.39, 0.29) is 33.7 Å². The van der Waals surface area contributed by atoms with Gasteiger partial charge in [-0.25, -0.2) is 0 Å². The summed E-state index contributed by atoms with van der Waals surface area (Å²) in [4.78, 5) is 12.8. The number of rotatable bonds is 3. The minimum atomic E-state index is -0.534. The fraction of sp³-hybridized carbons (Fsp3) is 0.903. The van der Waals surface area contributed by atoms with E-state index in [9.17, 15) is 15.0 Å². The largest absolute Gasteiger partial charge is 0.481 e. The molecule has 3 nitrogen and oxygen atoms in total. The van der Waals surface area contributed by atoms with Gasteiger partial charge in [0.2, 0.25) is 0 Å². The van der Waals surface area contributed by atoms with Crippen molar-refractivity contribution < 1.29 is 15.0 Å². The van der Waals surface area contributed by atoms with Crippen LogP contribution in [0.1, 0.15) is 112 Å². The van der Waals surface area contributed by atoms with Crippen molar-refractivity contribution in [2.24, 2.45) is 56.7 Å². The Morgan fingerprint density at radius 3 is 2.21 bits per heavy atom. The molecular weight excluding hydrogens is 420 g/mol. The molecule has 3 heteroatoms. The van der Waals surface area contributed by atoms with Gasteiger partial charge < -0.3 is 10.2 Å². The molecule has 10 atom stereocenters. The highest BCUT2D eigenvalue weighted by Crippen LogP contribution is 2.77. The van der Waals surface area contributed by atoms with Gasteiger partial charge in [0, 0.05) is 0 Å². The van der Waals surface area contributed by atoms with Crippen molar-refractivity contribution >= 4 is 5.97 Å². The highest BCUT2D eigenvalue weighted by atomic mass is 16.4. The van der Waals surface area contributed by atoms with Gasteiger partial charge in [0.15, 0.2) is 0 Å². The minimum absolute atomic E-state index is 0.0213. The zero-order chi connectivity index (χ0) is 24.9. The third-order valence-electron chi connectivity index (χ3n) is 13.8. The molecular formula is C31H50O3. The van der Waals surface area contributed by atoms with E-state index in [0.717, 1.165) is 44.9 Å². The van der Waals surface area contributed by atoms with Crippen LogP contribution in [0.3, 0.4) is 0 Å². The van der Waals surface area contributed by atoms with Gasteiger partial charge in [-0.2, -0.15) is 0 Å². The molecule has 192 valence electrons. The molecule has 9 unspecified atom stereocenters. The Labute approximate surface area is 208 Å². The number of hydrogen-bond acceptors (Lipinski definition) is 2. The second kappa shape index (κ2) is 7.59. The first-order valence-corrected chi connectivity index (χ1v) is 14.4. The Kier molecular flexibility index (Phi) is 5.55. The molecule has 2 N–H and O–H groups in total. The molecule has 0 heterocycles. The van der Waals surface area contributed by atoms with E-state index >= 15 is 0 Å². The van der Waals surface area contributed by atoms with Gasteiger partial charge in [0.05, 0.1) is 11.5 Å². The lowest BCUT2D eigenvalue weighted by atomic mass is 9.32. The zero-order valence-electron chi connectivity index (χ0n) is 22.8. The number of carbonyl (C=O) groups is 1. The van der Waals surface area contributed by atoms with Crippen molar-refractivity contribution in [2.45, 2.75) is 118 Å². The average molecular weight is 471 g/mol. The van der Waals surface area contributed by atoms with Crippen molar-refractivity contribution in [1.29, 1.82) is 0 Å². The fourth-order valence-electron chi connectivity index (χ4n) is 11.7. The Hall–Kier alpha value is -0.830. The normalized spacial score (nSPS) is 53.7. The molecule has 5 rings (SSSR count). The summed E-state index contributed by atoms with van der Waals surface area (Å²) in [5.74, 6) is 1.82. The number of carboxylic acid groups (broad SMARTS) is 1. The standard InChI is InChI=1S/C31H50O3/c1-8-19(2)20-11-16-31(26(33)34)18-17-29(6)21(25(20)31)9-10-23-28(5)14-13-24(32)27(3,4)22(28)12-15-30(23,29)7/h20-25,32H,2,8-18H2,1,3-7H3,(H,33,34)/t20?,21?,22?,23?,24?,25?,28?,29-,30?,31?/m1/s1. The number of hydrogen-bond donors (Lipinski definition) is 2. The number of aliphatic hydroxyl groups excluding tert-OH is 1. The van der Waals surface area contributed by atoms with Crippen LogP contribution in [0, 0.1) is 56.7 Å². The number of aliphatic carboxylic acids is 1. The molecule has 0 aromatic rings. The summed E-state index contributed by atoms with van der Waals surface area (Å²) in [5.41, 5.74) is 1.44. The van der Waals surface area contributed by atoms with Crippen molar-refractivity contribution in [3.8, 4) is 0 Å². The van der Waals surface area contributed by atoms with E-state index in [1.54, 1.807) is 0 Å². The van der Waals surface area contributed by atoms with Crippen LogP contribution in [-0.4, -0.2) is 22.3 Å². The summed E-state index contributed by atoms with van der Waals surface area (Å²) >= 11 is 0. The summed E-state index contributed by atoms with van der Waals surface area (Å²) in [6, 6.07) is 0. The molecule has 0 radical (unpaired) electrons. The Morgan fingerprint density at radius 1 is 0.853 bits per heavy atom. The second-order valence-corrected chi connectivity index (χ2v) is 14.7. The van der Waals surface area contributed by atoms with E-state index in [2.05, 4.69) is 48.1 Å². The molecule has 0 saturated heterocycles. The van der Waals surface area contributed by atoms with Crippen molar-refractivity contribution in [3.05, 3.63) is 12.2 Å². The van der Waals surface area contributed by atoms with E-state index in [1.807, 2.05) is 0 Å². The second-order valence-electron chi connectivity index (χ2n) is 14.7. The summed E-state index contributed by atoms with van der Waals surface area (Å²) in [6.45, 7) is 19.0. The van der Waals surface area contributed by atoms with Crippen LogP contribution in [0.2, 0.25) is 0 Å². The lowest BCUT2D eigenvalue weighted by Gasteiger charge is -2.72. The van der Waals surface area contributed by atoms with Crippen LogP contribution in [0.4, 0.5) is 0 Å². The Morgan fingerprint density at radius 2 is 1.56 bits per heavy atom. The van der Waals surface area contributed by atoms with Gasteiger partial charge in [0.25, 0.3) is 0 Å². The SMILES string of the molecule is C=C(CC)C1CCC2(C(=O)O)CC[C@]3(C)C(CCC4C5(C)CCC(O)C(C)(C)C5CCC43C)C12. The fourth-order valence-corrected chi connectivity index (χ4v) is 11.7. The van der Waals surface area contributed by atoms with Crippen LogP contribution >= 0.6 is 0 Å². The molecule has 34 heavy (non-hydrogen) atoms. The summed E-state index contributed by atoms with van der Waals surface area (Å²) in [6.07, 6.45) is 11.5. The topological polar surface area (TPSA) is 57.5 Å². The van der Waals surface area contributed by atoms with Gasteiger partial charge in [0.1, 0.15) is 0 Å². The average Bonchev–Trinajstić information content (AvgIpc) is 3.18. The summed E-state index contributed by atoms with van der Waals surface area (Å²) < 4.78 is 0. The molecule has 5 aliphatic carbocycles. The van der Waals surface area contributed by atoms with Crippen molar-refractivity contribution in [2.75, 3.05) is 0 Å². The molecule has 0 aromatic heterocycles. The summed E-state index contributed by atoms with van der Waals surface area (Å²) in [7, 11) is 0. The first kappa shape index (κ1) is 24.8. The Bertz CT molecular complexity index is 876. The predicted molar refractivity (Wildman–Crippen MR) is 137 cm³/mol. The number of fused-ring (bicyclic) bond motifs is 7. The minimum Gasteiger partial charge on any atom is -0.481 e. The van der Waals surface area contributed by atoms with Crippen molar-refractivity contribution in [3.63, 3.8) is 0 Å². The third-order valence-corrected chi connectivity index (χ3v) is 13.8. The van der Waals surface area contributed by atoms with E-state index < -0.39 is 11.4 Å². The van der Waals surface area contributed by atoms with Gasteiger partial charge in [-0.05, 0) is 122 Å². The molecule has 5 aliphatic rings. The van der Waals surface area contributed by atoms with Crippen LogP contribution in [-0.2, 0) is 4.79 Å². The smallest absolute Gasteiger partial charge is 0.309 e. The lowest BCUT2D eigenvalue weighted by Crippen LogP contribution is -2.67. The third kappa shape index (κ3) is 2.83. The maximum absolute atomic E-state index is 12.8. The maximum Gasteiger partial charge on any atom is 0.309 e. The lowest BCUT2D eigenvalue weighted by molar-refractivity contribution is -0.248. The number of carboxylic acids is 1. The monoisotopic (exact) mass is 470 g/mol. The van der Waals surface area contributed by atoms with E-state index in [1.165, 1.54) is 31.3 Å². The molecule has 0 amide bonds. The molecule has 0 aliphatic heterocycles. The van der Waals surface area contributed by atoms with Gasteiger partial charge >= 0.3 is 5.97 Å². The molecule has 0 spiro atoms. The van der Waals surface area contributed by atoms with Gasteiger partial charge in [-0.15, -0.1) is 0 Å². The summed E-state index contributed by atoms with van der Waals surface area (Å²) in [5, 5.41) is 21.5. The van der Waals surface area contributed by atoms with Gasteiger partial charge in [-0.3, -0.25) is 4.79 Å².